The zero-order chi connectivity index (χ0) is 13.9. The van der Waals surface area contributed by atoms with Crippen molar-refractivity contribution in [2.45, 2.75) is 13.1 Å². The van der Waals surface area contributed by atoms with Crippen LogP contribution in [0.5, 0.6) is 0 Å². The Labute approximate surface area is 133 Å². The summed E-state index contributed by atoms with van der Waals surface area (Å²) in [5.74, 6) is 0. The molecular formula is C17H25N5. The number of rotatable bonds is 4. The van der Waals surface area contributed by atoms with Gasteiger partial charge in [-0.3, -0.25) is 0 Å². The molecule has 0 unspecified atom stereocenters. The maximum Gasteiger partial charge on any atom is 0.243 e. The molecule has 0 aromatic carbocycles. The molecule has 0 atom stereocenters. The van der Waals surface area contributed by atoms with Gasteiger partial charge in [-0.2, -0.15) is 0 Å². The van der Waals surface area contributed by atoms with Gasteiger partial charge in [-0.05, 0) is 12.1 Å². The number of pyridine rings is 1. The number of aromatic nitrogens is 5. The number of aryl methyl sites for hydroxylation is 2. The van der Waals surface area contributed by atoms with E-state index in [4.69, 9.17) is 4.98 Å². The Morgan fingerprint density at radius 3 is 1.68 bits per heavy atom. The smallest absolute Gasteiger partial charge is 0.243 e. The summed E-state index contributed by atoms with van der Waals surface area (Å²) < 4.78 is 8.32. The lowest BCUT2D eigenvalue weighted by molar-refractivity contribution is -0.671. The van der Waals surface area contributed by atoms with E-state index in [2.05, 4.69) is 52.4 Å². The molecule has 0 fully saturated rings. The van der Waals surface area contributed by atoms with Crippen LogP contribution >= 0.6 is 0 Å². The summed E-state index contributed by atoms with van der Waals surface area (Å²) in [5.41, 5.74) is 2.16. The van der Waals surface area contributed by atoms with Crippen LogP contribution in [-0.2, 0) is 27.2 Å². The molecule has 118 valence electrons. The first-order valence-electron chi connectivity index (χ1n) is 6.66. The zero-order valence-corrected chi connectivity index (χ0v) is 13.8. The van der Waals surface area contributed by atoms with E-state index in [9.17, 15) is 0 Å². The standard InChI is InChI=1S/C15H19N5.2CH3/c1-17-6-8-19(12-17)10-14-4-3-5-15(16-14)11-20-9-7-18(2)13-20;;/h3-9,12-13H,10-11H2,1-2H3;2*1H3/q+2;2*-1. The van der Waals surface area contributed by atoms with Gasteiger partial charge >= 0.3 is 0 Å². The normalized spacial score (nSPS) is 9.91. The summed E-state index contributed by atoms with van der Waals surface area (Å²) in [4.78, 5) is 4.72. The van der Waals surface area contributed by atoms with Crippen molar-refractivity contribution >= 4 is 0 Å². The van der Waals surface area contributed by atoms with Crippen LogP contribution in [0, 0.1) is 14.9 Å². The second kappa shape index (κ2) is 7.54. The first-order chi connectivity index (χ1) is 9.69. The summed E-state index contributed by atoms with van der Waals surface area (Å²) >= 11 is 0. The lowest BCUT2D eigenvalue weighted by atomic mass is 10.3. The average molecular weight is 299 g/mol. The quantitative estimate of drug-likeness (QED) is 0.528. The molecule has 0 amide bonds. The van der Waals surface area contributed by atoms with Gasteiger partial charge in [0.05, 0.1) is 25.5 Å². The van der Waals surface area contributed by atoms with E-state index in [-0.39, 0.29) is 14.9 Å². The molecule has 22 heavy (non-hydrogen) atoms. The van der Waals surface area contributed by atoms with E-state index in [0.29, 0.717) is 0 Å². The van der Waals surface area contributed by atoms with Crippen molar-refractivity contribution in [1.29, 1.82) is 0 Å². The third-order valence-electron chi connectivity index (χ3n) is 3.20. The van der Waals surface area contributed by atoms with Crippen molar-refractivity contribution in [3.8, 4) is 0 Å². The number of nitrogens with zero attached hydrogens (tertiary/aromatic N) is 5. The van der Waals surface area contributed by atoms with Gasteiger partial charge in [-0.15, -0.1) is 0 Å². The highest BCUT2D eigenvalue weighted by molar-refractivity contribution is 5.12. The predicted molar refractivity (Wildman–Crippen MR) is 86.5 cm³/mol. The topological polar surface area (TPSA) is 30.5 Å². The van der Waals surface area contributed by atoms with E-state index in [1.165, 1.54) is 0 Å². The largest absolute Gasteiger partial charge is 0.358 e. The fraction of sp³-hybridized carbons (Fsp3) is 0.235. The maximum absolute atomic E-state index is 4.72. The number of hydrogen-bond acceptors (Lipinski definition) is 1. The van der Waals surface area contributed by atoms with Gasteiger partial charge in [0.25, 0.3) is 0 Å². The van der Waals surface area contributed by atoms with E-state index in [1.54, 1.807) is 0 Å². The van der Waals surface area contributed by atoms with Crippen LogP contribution in [-0.4, -0.2) is 14.1 Å². The zero-order valence-electron chi connectivity index (χ0n) is 13.8. The fourth-order valence-electron chi connectivity index (χ4n) is 2.27. The fourth-order valence-corrected chi connectivity index (χ4v) is 2.27. The van der Waals surface area contributed by atoms with Crippen molar-refractivity contribution in [1.82, 2.24) is 14.1 Å². The molecule has 0 aliphatic carbocycles. The minimum Gasteiger partial charge on any atom is -0.358 e. The molecule has 3 heterocycles. The summed E-state index contributed by atoms with van der Waals surface area (Å²) in [5, 5.41) is 0. The van der Waals surface area contributed by atoms with Crippen molar-refractivity contribution < 1.29 is 9.13 Å². The minimum absolute atomic E-state index is 0. The average Bonchev–Trinajstić information content (AvgIpc) is 2.99. The van der Waals surface area contributed by atoms with Gasteiger partial charge in [0.1, 0.15) is 37.9 Å². The van der Waals surface area contributed by atoms with Crippen molar-refractivity contribution in [3.05, 3.63) is 81.9 Å². The van der Waals surface area contributed by atoms with Crippen LogP contribution in [0.3, 0.4) is 0 Å². The Bertz CT molecular complexity index is 654. The second-order valence-corrected chi connectivity index (χ2v) is 5.12. The summed E-state index contributed by atoms with van der Waals surface area (Å²) in [6.07, 6.45) is 12.3. The van der Waals surface area contributed by atoms with Gasteiger partial charge in [-0.25, -0.2) is 23.3 Å². The van der Waals surface area contributed by atoms with E-state index in [0.717, 1.165) is 24.5 Å². The Kier molecular flexibility index (Phi) is 6.04. The highest BCUT2D eigenvalue weighted by Crippen LogP contribution is 2.03. The first kappa shape index (κ1) is 17.6. The molecule has 0 bridgehead atoms. The Morgan fingerprint density at radius 1 is 0.864 bits per heavy atom. The van der Waals surface area contributed by atoms with Gasteiger partial charge in [0, 0.05) is 0 Å². The van der Waals surface area contributed by atoms with Crippen molar-refractivity contribution in [3.63, 3.8) is 0 Å². The van der Waals surface area contributed by atoms with E-state index >= 15 is 0 Å². The molecule has 5 nitrogen and oxygen atoms in total. The molecule has 0 aliphatic heterocycles. The van der Waals surface area contributed by atoms with Crippen LogP contribution < -0.4 is 9.13 Å². The maximum atomic E-state index is 4.72. The van der Waals surface area contributed by atoms with Gasteiger partial charge < -0.3 is 14.9 Å². The van der Waals surface area contributed by atoms with Crippen molar-refractivity contribution in [2.75, 3.05) is 0 Å². The van der Waals surface area contributed by atoms with Gasteiger partial charge in [0.15, 0.2) is 0 Å². The van der Waals surface area contributed by atoms with Gasteiger partial charge in [-0.1, -0.05) is 6.07 Å². The third-order valence-corrected chi connectivity index (χ3v) is 3.20. The van der Waals surface area contributed by atoms with Crippen molar-refractivity contribution in [2.24, 2.45) is 14.1 Å². The molecule has 0 radical (unpaired) electrons. The first-order valence-corrected chi connectivity index (χ1v) is 6.66. The van der Waals surface area contributed by atoms with Crippen LogP contribution in [0.15, 0.2) is 55.6 Å². The monoisotopic (exact) mass is 299 g/mol. The summed E-state index contributed by atoms with van der Waals surface area (Å²) in [7, 11) is 4.04. The Morgan fingerprint density at radius 2 is 1.32 bits per heavy atom. The molecule has 0 saturated carbocycles. The number of hydrogen-bond donors (Lipinski definition) is 0. The molecule has 3 aromatic rings. The molecule has 0 aliphatic rings. The molecule has 3 rings (SSSR count). The second-order valence-electron chi connectivity index (χ2n) is 5.12. The predicted octanol–water partition coefficient (Wildman–Crippen LogP) is 1.33. The SMILES string of the molecule is C[n+]1ccn(Cc2cccc(Cn3cc[n+](C)c3)n2)c1.[CH3-].[CH3-]. The minimum atomic E-state index is 0. The molecular weight excluding hydrogens is 274 g/mol. The van der Waals surface area contributed by atoms with Crippen LogP contribution in [0.4, 0.5) is 0 Å². The highest BCUT2D eigenvalue weighted by Gasteiger charge is 2.06. The summed E-state index contributed by atoms with van der Waals surface area (Å²) in [6, 6.07) is 6.21. The van der Waals surface area contributed by atoms with Crippen LogP contribution in [0.1, 0.15) is 11.4 Å². The van der Waals surface area contributed by atoms with Crippen LogP contribution in [0.25, 0.3) is 0 Å². The lowest BCUT2D eigenvalue weighted by Crippen LogP contribution is -2.24. The highest BCUT2D eigenvalue weighted by atomic mass is 15.1. The lowest BCUT2D eigenvalue weighted by Gasteiger charge is -2.01. The van der Waals surface area contributed by atoms with Gasteiger partial charge in [0.2, 0.25) is 12.7 Å². The molecule has 0 N–H and O–H groups in total. The van der Waals surface area contributed by atoms with Crippen LogP contribution in [0.2, 0.25) is 0 Å². The molecule has 5 heteroatoms. The molecule has 0 spiro atoms. The molecule has 0 saturated heterocycles. The number of imidazole rings is 2. The summed E-state index contributed by atoms with van der Waals surface area (Å²) in [6.45, 7) is 1.60. The third kappa shape index (κ3) is 4.28. The molecule has 3 aromatic heterocycles. The van der Waals surface area contributed by atoms with E-state index < -0.39 is 0 Å². The van der Waals surface area contributed by atoms with E-state index in [1.807, 2.05) is 35.6 Å². The Hall–Kier alpha value is -2.43. The Balaban J connectivity index is 0.00000121.